The van der Waals surface area contributed by atoms with Crippen LogP contribution < -0.4 is 0 Å². The van der Waals surface area contributed by atoms with Gasteiger partial charge in [-0.2, -0.15) is 0 Å². The monoisotopic (exact) mass is 740 g/mol. The van der Waals surface area contributed by atoms with Crippen molar-refractivity contribution in [3.63, 3.8) is 0 Å². The maximum Gasteiger partial charge on any atom is 0.0532 e. The van der Waals surface area contributed by atoms with Gasteiger partial charge in [0.05, 0.1) is 5.41 Å². The standard InChI is InChI=1S/C58H44/c1-56(2)46-23-10-7-21-42(46)44-31-37(26-28-47(44)56)52-53(54(52)43-22-13-17-34-14-5-6-18-39(34)43)38-27-29-50-55-45-30-35-15-3-4-16-36(35)32-51(45)58(57(50,55)33-38)48-24-11-8-19-40(48)41-20-9-12-25-49(41)58/h3-11,13-24,26-33,50,52-55H,12,25H2,1-2H3. The van der Waals surface area contributed by atoms with Gasteiger partial charge in [-0.15, -0.1) is 0 Å². The Kier molecular flexibility index (Phi) is 5.93. The van der Waals surface area contributed by atoms with Gasteiger partial charge in [-0.1, -0.05) is 184 Å². The van der Waals surface area contributed by atoms with Crippen molar-refractivity contribution in [2.45, 2.75) is 55.3 Å². The van der Waals surface area contributed by atoms with Gasteiger partial charge in [-0.25, -0.2) is 0 Å². The summed E-state index contributed by atoms with van der Waals surface area (Å²) < 4.78 is 0. The first kappa shape index (κ1) is 32.0. The number of fused-ring (bicyclic) bond motifs is 13. The first-order valence-corrected chi connectivity index (χ1v) is 21.7. The van der Waals surface area contributed by atoms with E-state index in [1.54, 1.807) is 22.3 Å². The Balaban J connectivity index is 0.997. The molecule has 7 unspecified atom stereocenters. The van der Waals surface area contributed by atoms with Crippen LogP contribution in [0.3, 0.4) is 0 Å². The number of hydrogen-bond donors (Lipinski definition) is 0. The molecular formula is C58H44. The molecule has 58 heavy (non-hydrogen) atoms. The predicted molar refractivity (Wildman–Crippen MR) is 239 cm³/mol. The Labute approximate surface area is 341 Å². The van der Waals surface area contributed by atoms with Crippen LogP contribution >= 0.6 is 0 Å². The summed E-state index contributed by atoms with van der Waals surface area (Å²) in [6, 6.07) is 56.6. The molecule has 2 fully saturated rings. The van der Waals surface area contributed by atoms with E-state index >= 15 is 0 Å². The summed E-state index contributed by atoms with van der Waals surface area (Å²) >= 11 is 0. The second-order valence-electron chi connectivity index (χ2n) is 19.0. The number of benzene rings is 7. The van der Waals surface area contributed by atoms with E-state index in [2.05, 4.69) is 190 Å². The van der Waals surface area contributed by atoms with Crippen LogP contribution in [-0.4, -0.2) is 0 Å². The van der Waals surface area contributed by atoms with Gasteiger partial charge < -0.3 is 0 Å². The van der Waals surface area contributed by atoms with Gasteiger partial charge in [0.15, 0.2) is 0 Å². The molecule has 0 heterocycles. The highest BCUT2D eigenvalue weighted by atomic mass is 14.8. The molecule has 0 amide bonds. The highest BCUT2D eigenvalue weighted by Gasteiger charge is 2.80. The van der Waals surface area contributed by atoms with Gasteiger partial charge in [-0.05, 0) is 136 Å². The van der Waals surface area contributed by atoms with E-state index in [4.69, 9.17) is 0 Å². The zero-order chi connectivity index (χ0) is 38.1. The third-order valence-corrected chi connectivity index (χ3v) is 16.3. The number of hydrogen-bond acceptors (Lipinski definition) is 0. The molecule has 7 aliphatic rings. The normalized spacial score (nSPS) is 29.4. The minimum atomic E-state index is -0.170. The van der Waals surface area contributed by atoms with Gasteiger partial charge in [0.25, 0.3) is 0 Å². The largest absolute Gasteiger partial charge is 0.0836 e. The highest BCUT2D eigenvalue weighted by molar-refractivity contribution is 5.95. The predicted octanol–water partition coefficient (Wildman–Crippen LogP) is 14.1. The fourth-order valence-electron chi connectivity index (χ4n) is 14.1. The molecule has 0 saturated heterocycles. The summed E-state index contributed by atoms with van der Waals surface area (Å²) in [5.74, 6) is 2.16. The van der Waals surface area contributed by atoms with Gasteiger partial charge in [0.1, 0.15) is 0 Å². The molecule has 0 heteroatoms. The van der Waals surface area contributed by atoms with E-state index in [1.165, 1.54) is 71.6 Å². The van der Waals surface area contributed by atoms with E-state index in [0.29, 0.717) is 29.6 Å². The topological polar surface area (TPSA) is 0 Å². The number of allylic oxidation sites excluding steroid dienone is 8. The lowest BCUT2D eigenvalue weighted by atomic mass is 9.59. The van der Waals surface area contributed by atoms with Crippen LogP contribution in [0, 0.1) is 17.3 Å². The molecule has 2 saturated carbocycles. The lowest BCUT2D eigenvalue weighted by Gasteiger charge is -2.42. The summed E-state index contributed by atoms with van der Waals surface area (Å²) in [4.78, 5) is 0. The molecule has 276 valence electrons. The summed E-state index contributed by atoms with van der Waals surface area (Å²) in [7, 11) is 0. The third-order valence-electron chi connectivity index (χ3n) is 16.3. The molecule has 0 aromatic heterocycles. The van der Waals surface area contributed by atoms with Gasteiger partial charge in [0, 0.05) is 16.7 Å². The SMILES string of the molecule is CC1(C)c2ccccc2-c2cc(C3C(C4=CC56C(C=C4)C5c4cc5ccccc5cc4C64C5=C(C=CCC5)c5ccccc54)C3c3cccc4ccccc34)ccc21. The minimum absolute atomic E-state index is 0.00224. The van der Waals surface area contributed by atoms with E-state index in [1.807, 2.05) is 0 Å². The molecule has 7 atom stereocenters. The lowest BCUT2D eigenvalue weighted by molar-refractivity contribution is 0.403. The van der Waals surface area contributed by atoms with Gasteiger partial charge in [0.2, 0.25) is 0 Å². The zero-order valence-electron chi connectivity index (χ0n) is 33.0. The molecule has 7 aliphatic carbocycles. The van der Waals surface area contributed by atoms with Crippen molar-refractivity contribution >= 4 is 27.1 Å². The van der Waals surface area contributed by atoms with Crippen molar-refractivity contribution in [2.75, 3.05) is 0 Å². The first-order valence-electron chi connectivity index (χ1n) is 21.7. The third kappa shape index (κ3) is 3.67. The second-order valence-corrected chi connectivity index (χ2v) is 19.0. The average molecular weight is 741 g/mol. The molecule has 14 rings (SSSR count). The van der Waals surface area contributed by atoms with Gasteiger partial charge in [-0.3, -0.25) is 0 Å². The van der Waals surface area contributed by atoms with E-state index in [9.17, 15) is 0 Å². The van der Waals surface area contributed by atoms with E-state index in [0.717, 1.165) is 12.8 Å². The first-order chi connectivity index (χ1) is 28.5. The molecule has 0 bridgehead atoms. The molecule has 7 aromatic rings. The van der Waals surface area contributed by atoms with E-state index in [-0.39, 0.29) is 16.2 Å². The van der Waals surface area contributed by atoms with Crippen LogP contribution in [0.15, 0.2) is 187 Å². The summed E-state index contributed by atoms with van der Waals surface area (Å²) in [5.41, 5.74) is 19.4. The summed E-state index contributed by atoms with van der Waals surface area (Å²) in [6.45, 7) is 4.80. The lowest BCUT2D eigenvalue weighted by Crippen LogP contribution is -2.38. The fourth-order valence-corrected chi connectivity index (χ4v) is 14.1. The summed E-state index contributed by atoms with van der Waals surface area (Å²) in [6.07, 6.45) is 15.3. The van der Waals surface area contributed by atoms with Crippen molar-refractivity contribution in [1.82, 2.24) is 0 Å². The Morgan fingerprint density at radius 1 is 0.534 bits per heavy atom. The van der Waals surface area contributed by atoms with Crippen LogP contribution in [0.4, 0.5) is 0 Å². The summed E-state index contributed by atoms with van der Waals surface area (Å²) in [5, 5.41) is 5.48. The second kappa shape index (κ2) is 10.7. The van der Waals surface area contributed by atoms with Crippen LogP contribution in [0.1, 0.15) is 89.0 Å². The highest BCUT2D eigenvalue weighted by Crippen LogP contribution is 2.86. The number of rotatable bonds is 3. The molecular weight excluding hydrogens is 697 g/mol. The molecule has 0 N–H and O–H groups in total. The Bertz CT molecular complexity index is 3140. The van der Waals surface area contributed by atoms with Crippen molar-refractivity contribution in [3.05, 3.63) is 232 Å². The minimum Gasteiger partial charge on any atom is -0.0836 e. The quantitative estimate of drug-likeness (QED) is 0.169. The fraction of sp³-hybridized carbons (Fsp3) is 0.207. The molecule has 2 spiro atoms. The maximum atomic E-state index is 2.90. The maximum absolute atomic E-state index is 2.90. The van der Waals surface area contributed by atoms with Crippen molar-refractivity contribution in [1.29, 1.82) is 0 Å². The molecule has 7 aromatic carbocycles. The van der Waals surface area contributed by atoms with Crippen LogP contribution in [0.2, 0.25) is 0 Å². The molecule has 0 nitrogen and oxygen atoms in total. The Morgan fingerprint density at radius 3 is 2.14 bits per heavy atom. The van der Waals surface area contributed by atoms with Crippen LogP contribution in [-0.2, 0) is 10.8 Å². The van der Waals surface area contributed by atoms with Crippen molar-refractivity contribution in [3.8, 4) is 11.1 Å². The Hall–Kier alpha value is -5.98. The molecule has 0 aliphatic heterocycles. The van der Waals surface area contributed by atoms with E-state index < -0.39 is 0 Å². The van der Waals surface area contributed by atoms with Crippen LogP contribution in [0.5, 0.6) is 0 Å². The van der Waals surface area contributed by atoms with Crippen molar-refractivity contribution < 1.29 is 0 Å². The Morgan fingerprint density at radius 2 is 1.26 bits per heavy atom. The van der Waals surface area contributed by atoms with Crippen LogP contribution in [0.25, 0.3) is 38.2 Å². The average Bonchev–Trinajstić information content (AvgIpc) is 4.10. The van der Waals surface area contributed by atoms with Gasteiger partial charge >= 0.3 is 0 Å². The zero-order valence-corrected chi connectivity index (χ0v) is 33.0. The van der Waals surface area contributed by atoms with Crippen molar-refractivity contribution in [2.24, 2.45) is 17.3 Å². The molecule has 0 radical (unpaired) electrons. The smallest absolute Gasteiger partial charge is 0.0532 e.